The lowest BCUT2D eigenvalue weighted by Gasteiger charge is -2.09. The maximum absolute atomic E-state index is 12.0. The Kier molecular flexibility index (Phi) is 5.32. The highest BCUT2D eigenvalue weighted by Crippen LogP contribution is 2.15. The first-order valence-electron chi connectivity index (χ1n) is 6.90. The van der Waals surface area contributed by atoms with Gasteiger partial charge in [0.15, 0.2) is 5.82 Å². The minimum Gasteiger partial charge on any atom is -0.382 e. The fraction of sp³-hybridized carbons (Fsp3) is 0.538. The largest absolute Gasteiger partial charge is 0.382 e. The molecule has 0 fully saturated rings. The first-order valence-corrected chi connectivity index (χ1v) is 7.28. The van der Waals surface area contributed by atoms with Crippen molar-refractivity contribution in [2.45, 2.75) is 39.7 Å². The molecule has 8 heteroatoms. The molecule has 114 valence electrons. The number of nitrogens with zero attached hydrogens (tertiary/aromatic N) is 4. The molecule has 0 saturated heterocycles. The van der Waals surface area contributed by atoms with Crippen LogP contribution in [0.25, 0.3) is 0 Å². The molecule has 2 aromatic heterocycles. The van der Waals surface area contributed by atoms with Crippen LogP contribution in [0.15, 0.2) is 15.5 Å². The fourth-order valence-corrected chi connectivity index (χ4v) is 2.02. The Bertz CT molecular complexity index is 652. The van der Waals surface area contributed by atoms with Crippen LogP contribution < -0.4 is 10.9 Å². The van der Waals surface area contributed by atoms with Crippen LogP contribution >= 0.6 is 11.6 Å². The van der Waals surface area contributed by atoms with Crippen molar-refractivity contribution in [2.75, 3.05) is 11.9 Å². The molecule has 0 spiro atoms. The van der Waals surface area contributed by atoms with Crippen LogP contribution in [-0.2, 0) is 13.0 Å². The average molecular weight is 312 g/mol. The van der Waals surface area contributed by atoms with Crippen molar-refractivity contribution >= 4 is 17.3 Å². The molecule has 0 aliphatic carbocycles. The van der Waals surface area contributed by atoms with Crippen molar-refractivity contribution in [3.63, 3.8) is 0 Å². The summed E-state index contributed by atoms with van der Waals surface area (Å²) < 4.78 is 6.27. The van der Waals surface area contributed by atoms with Crippen molar-refractivity contribution < 1.29 is 4.52 Å². The highest BCUT2D eigenvalue weighted by molar-refractivity contribution is 6.32. The number of hydrogen-bond acceptors (Lipinski definition) is 6. The maximum Gasteiger partial charge on any atom is 0.287 e. The molecule has 2 aromatic rings. The lowest BCUT2D eigenvalue weighted by molar-refractivity contribution is 0.387. The molecule has 21 heavy (non-hydrogen) atoms. The van der Waals surface area contributed by atoms with E-state index in [0.717, 1.165) is 12.8 Å². The van der Waals surface area contributed by atoms with E-state index >= 15 is 0 Å². The Labute approximate surface area is 127 Å². The van der Waals surface area contributed by atoms with E-state index in [1.54, 1.807) is 13.1 Å². The van der Waals surface area contributed by atoms with E-state index < -0.39 is 0 Å². The van der Waals surface area contributed by atoms with Gasteiger partial charge in [-0.15, -0.1) is 0 Å². The van der Waals surface area contributed by atoms with Gasteiger partial charge in [-0.2, -0.15) is 10.1 Å². The average Bonchev–Trinajstić information content (AvgIpc) is 2.88. The number of aryl methyl sites for hydroxylation is 2. The van der Waals surface area contributed by atoms with E-state index in [9.17, 15) is 4.79 Å². The van der Waals surface area contributed by atoms with Gasteiger partial charge in [-0.3, -0.25) is 4.79 Å². The minimum absolute atomic E-state index is 0.158. The molecule has 2 heterocycles. The number of halogens is 1. The van der Waals surface area contributed by atoms with Crippen molar-refractivity contribution in [3.05, 3.63) is 33.3 Å². The van der Waals surface area contributed by atoms with E-state index in [1.807, 2.05) is 0 Å². The summed E-state index contributed by atoms with van der Waals surface area (Å²) in [7, 11) is 0. The Morgan fingerprint density at radius 1 is 1.48 bits per heavy atom. The Morgan fingerprint density at radius 3 is 2.95 bits per heavy atom. The standard InChI is InChI=1S/C13H18ClN5O2/c1-3-4-7-19-13(20)12(14)10(8-16-19)15-6-5-11-17-9(2)21-18-11/h8,15H,3-7H2,1-2H3. The number of rotatable bonds is 7. The molecule has 0 bridgehead atoms. The van der Waals surface area contributed by atoms with E-state index in [2.05, 4.69) is 27.5 Å². The lowest BCUT2D eigenvalue weighted by atomic mass is 10.3. The quantitative estimate of drug-likeness (QED) is 0.842. The first-order chi connectivity index (χ1) is 10.1. The van der Waals surface area contributed by atoms with E-state index in [1.165, 1.54) is 4.68 Å². The van der Waals surface area contributed by atoms with Crippen molar-refractivity contribution in [1.29, 1.82) is 0 Å². The highest BCUT2D eigenvalue weighted by Gasteiger charge is 2.09. The molecular weight excluding hydrogens is 294 g/mol. The van der Waals surface area contributed by atoms with Crippen molar-refractivity contribution in [3.8, 4) is 0 Å². The topological polar surface area (TPSA) is 85.8 Å². The summed E-state index contributed by atoms with van der Waals surface area (Å²) in [6.45, 7) is 4.92. The SMILES string of the molecule is CCCCn1ncc(NCCc2noc(C)n2)c(Cl)c1=O. The molecule has 2 rings (SSSR count). The highest BCUT2D eigenvalue weighted by atomic mass is 35.5. The third-order valence-corrected chi connectivity index (χ3v) is 3.31. The Balaban J connectivity index is 1.97. The summed E-state index contributed by atoms with van der Waals surface area (Å²) in [6, 6.07) is 0. The summed E-state index contributed by atoms with van der Waals surface area (Å²) in [4.78, 5) is 16.1. The third-order valence-electron chi connectivity index (χ3n) is 2.94. The monoisotopic (exact) mass is 311 g/mol. The van der Waals surface area contributed by atoms with E-state index in [0.29, 0.717) is 36.9 Å². The first kappa shape index (κ1) is 15.5. The van der Waals surface area contributed by atoms with Gasteiger partial charge in [-0.25, -0.2) is 4.68 Å². The van der Waals surface area contributed by atoms with E-state index in [-0.39, 0.29) is 10.6 Å². The summed E-state index contributed by atoms with van der Waals surface area (Å²) in [5.41, 5.74) is 0.250. The summed E-state index contributed by atoms with van der Waals surface area (Å²) in [5.74, 6) is 1.14. The number of aromatic nitrogens is 4. The van der Waals surface area contributed by atoms with Crippen molar-refractivity contribution in [2.24, 2.45) is 0 Å². The summed E-state index contributed by atoms with van der Waals surface area (Å²) in [5, 5.41) is 11.1. The predicted molar refractivity (Wildman–Crippen MR) is 79.6 cm³/mol. The molecule has 0 unspecified atom stereocenters. The van der Waals surface area contributed by atoms with Crippen LogP contribution in [0.4, 0.5) is 5.69 Å². The van der Waals surface area contributed by atoms with Gasteiger partial charge in [0.1, 0.15) is 5.02 Å². The number of hydrogen-bond donors (Lipinski definition) is 1. The molecule has 0 amide bonds. The second-order valence-electron chi connectivity index (χ2n) is 4.66. The van der Waals surface area contributed by atoms with Gasteiger partial charge < -0.3 is 9.84 Å². The molecule has 0 aliphatic rings. The molecule has 0 aromatic carbocycles. The van der Waals surface area contributed by atoms with E-state index in [4.69, 9.17) is 16.1 Å². The van der Waals surface area contributed by atoms with Crippen LogP contribution in [0.2, 0.25) is 5.02 Å². The number of anilines is 1. The minimum atomic E-state index is -0.273. The van der Waals surface area contributed by atoms with Crippen LogP contribution in [0.1, 0.15) is 31.5 Å². The molecule has 0 radical (unpaired) electrons. The van der Waals surface area contributed by atoms with Gasteiger partial charge in [0.25, 0.3) is 5.56 Å². The third kappa shape index (κ3) is 4.04. The molecule has 7 nitrogen and oxygen atoms in total. The molecule has 0 saturated carbocycles. The zero-order valence-electron chi connectivity index (χ0n) is 12.1. The molecule has 1 N–H and O–H groups in total. The van der Waals surface area contributed by atoms with Crippen molar-refractivity contribution in [1.82, 2.24) is 19.9 Å². The van der Waals surface area contributed by atoms with Gasteiger partial charge in [0.05, 0.1) is 11.9 Å². The molecule has 0 aliphatic heterocycles. The second-order valence-corrected chi connectivity index (χ2v) is 5.04. The van der Waals surface area contributed by atoms with Gasteiger partial charge in [0, 0.05) is 26.4 Å². The molecule has 0 atom stereocenters. The van der Waals surface area contributed by atoms with Gasteiger partial charge in [-0.1, -0.05) is 30.1 Å². The number of unbranched alkanes of at least 4 members (excludes halogenated alkanes) is 1. The van der Waals surface area contributed by atoms with Gasteiger partial charge in [-0.05, 0) is 6.42 Å². The fourth-order valence-electron chi connectivity index (χ4n) is 1.81. The maximum atomic E-state index is 12.0. The second kappa shape index (κ2) is 7.21. The summed E-state index contributed by atoms with van der Waals surface area (Å²) in [6.07, 6.45) is 4.04. The zero-order valence-corrected chi connectivity index (χ0v) is 12.9. The lowest BCUT2D eigenvalue weighted by Crippen LogP contribution is -2.24. The Hall–Kier alpha value is -1.89. The van der Waals surface area contributed by atoms with Gasteiger partial charge >= 0.3 is 0 Å². The van der Waals surface area contributed by atoms with Crippen LogP contribution in [0.3, 0.4) is 0 Å². The summed E-state index contributed by atoms with van der Waals surface area (Å²) >= 11 is 6.08. The zero-order chi connectivity index (χ0) is 15.2. The predicted octanol–water partition coefficient (Wildman–Crippen LogP) is 2.04. The van der Waals surface area contributed by atoms with Crippen LogP contribution in [0.5, 0.6) is 0 Å². The smallest absolute Gasteiger partial charge is 0.287 e. The van der Waals surface area contributed by atoms with Crippen LogP contribution in [0, 0.1) is 6.92 Å². The Morgan fingerprint density at radius 2 is 2.29 bits per heavy atom. The van der Waals surface area contributed by atoms with Gasteiger partial charge in [0.2, 0.25) is 5.89 Å². The normalized spacial score (nSPS) is 10.8. The molecular formula is C13H18ClN5O2. The number of nitrogens with one attached hydrogen (secondary N) is 1. The van der Waals surface area contributed by atoms with Crippen LogP contribution in [-0.4, -0.2) is 26.5 Å².